The number of nitrogens with zero attached hydrogens (tertiary/aromatic N) is 8. The molecule has 168 valence electrons. The van der Waals surface area contributed by atoms with Gasteiger partial charge in [0, 0.05) is 12.8 Å². The van der Waals surface area contributed by atoms with E-state index in [1.807, 2.05) is 21.5 Å². The predicted octanol–water partition coefficient (Wildman–Crippen LogP) is 4.00. The zero-order valence-electron chi connectivity index (χ0n) is 18.7. The van der Waals surface area contributed by atoms with Crippen molar-refractivity contribution in [3.8, 4) is 0 Å². The van der Waals surface area contributed by atoms with Crippen molar-refractivity contribution < 1.29 is 0 Å². The van der Waals surface area contributed by atoms with Gasteiger partial charge >= 0.3 is 0 Å². The van der Waals surface area contributed by atoms with E-state index in [1.54, 1.807) is 0 Å². The molecule has 2 aromatic carbocycles. The van der Waals surface area contributed by atoms with Gasteiger partial charge in [-0.2, -0.15) is 0 Å². The minimum atomic E-state index is 0.669. The van der Waals surface area contributed by atoms with Crippen LogP contribution in [0.1, 0.15) is 53.2 Å². The third kappa shape index (κ3) is 6.06. The van der Waals surface area contributed by atoms with Crippen molar-refractivity contribution in [2.45, 2.75) is 45.2 Å². The van der Waals surface area contributed by atoms with Crippen LogP contribution in [0, 0.1) is 0 Å². The van der Waals surface area contributed by atoms with Gasteiger partial charge in [-0.05, 0) is 55.9 Å². The molecule has 2 heterocycles. The molecule has 4 rings (SSSR count). The Morgan fingerprint density at radius 2 is 1.03 bits per heavy atom. The molecule has 0 N–H and O–H groups in total. The van der Waals surface area contributed by atoms with Crippen LogP contribution >= 0.6 is 0 Å². The molecule has 0 aliphatic carbocycles. The van der Waals surface area contributed by atoms with Gasteiger partial charge in [0.2, 0.25) is 0 Å². The van der Waals surface area contributed by atoms with Crippen LogP contribution in [-0.2, 0) is 25.9 Å². The van der Waals surface area contributed by atoms with E-state index in [9.17, 15) is 0 Å². The molecule has 0 amide bonds. The molecule has 2 aromatic heterocycles. The Morgan fingerprint density at radius 1 is 0.606 bits per heavy atom. The summed E-state index contributed by atoms with van der Waals surface area (Å²) in [6.45, 7) is 8.92. The maximum absolute atomic E-state index is 4.21. The molecule has 8 nitrogen and oxygen atoms in total. The summed E-state index contributed by atoms with van der Waals surface area (Å²) in [7, 11) is 0. The van der Waals surface area contributed by atoms with E-state index < -0.39 is 0 Å². The van der Waals surface area contributed by atoms with E-state index in [0.717, 1.165) is 54.9 Å². The minimum absolute atomic E-state index is 0.669. The highest BCUT2D eigenvalue weighted by atomic mass is 15.5. The van der Waals surface area contributed by atoms with Crippen molar-refractivity contribution in [1.82, 2.24) is 40.4 Å². The summed E-state index contributed by atoms with van der Waals surface area (Å²) in [4.78, 5) is 0. The largest absolute Gasteiger partial charge is 0.225 e. The normalized spacial score (nSPS) is 10.9. The Kier molecular flexibility index (Phi) is 7.48. The summed E-state index contributed by atoms with van der Waals surface area (Å²) >= 11 is 0. The molecular formula is C25H28N8. The maximum atomic E-state index is 4.21. The Morgan fingerprint density at radius 3 is 1.42 bits per heavy atom. The minimum Gasteiger partial charge on any atom is -0.225 e. The van der Waals surface area contributed by atoms with Gasteiger partial charge in [0.15, 0.2) is 11.6 Å². The second kappa shape index (κ2) is 11.1. The van der Waals surface area contributed by atoms with Crippen molar-refractivity contribution >= 4 is 12.2 Å². The molecule has 0 saturated carbocycles. The number of hydrogen-bond donors (Lipinski definition) is 0. The van der Waals surface area contributed by atoms with E-state index in [-0.39, 0.29) is 0 Å². The molecule has 33 heavy (non-hydrogen) atoms. The number of tetrazole rings is 2. The molecule has 0 aliphatic rings. The first kappa shape index (κ1) is 22.3. The van der Waals surface area contributed by atoms with Gasteiger partial charge < -0.3 is 0 Å². The molecule has 0 saturated heterocycles. The van der Waals surface area contributed by atoms with Gasteiger partial charge in [-0.3, -0.25) is 0 Å². The average Bonchev–Trinajstić information content (AvgIpc) is 3.49. The van der Waals surface area contributed by atoms with Gasteiger partial charge in [0.1, 0.15) is 0 Å². The molecule has 8 heteroatoms. The highest BCUT2D eigenvalue weighted by molar-refractivity contribution is 5.47. The molecule has 0 atom stereocenters. The summed E-state index contributed by atoms with van der Waals surface area (Å²) < 4.78 is 3.75. The van der Waals surface area contributed by atoms with Crippen LogP contribution in [-0.4, -0.2) is 40.4 Å². The summed E-state index contributed by atoms with van der Waals surface area (Å²) in [5.74, 6) is 1.83. The topological polar surface area (TPSA) is 87.2 Å². The summed E-state index contributed by atoms with van der Waals surface area (Å²) in [6, 6.07) is 16.5. The summed E-state index contributed by atoms with van der Waals surface area (Å²) in [5.41, 5.74) is 4.54. The quantitative estimate of drug-likeness (QED) is 0.310. The zero-order valence-corrected chi connectivity index (χ0v) is 18.7. The van der Waals surface area contributed by atoms with E-state index in [2.05, 4.69) is 92.7 Å². The first-order valence-electron chi connectivity index (χ1n) is 11.2. The average molecular weight is 441 g/mol. The van der Waals surface area contributed by atoms with Crippen molar-refractivity contribution in [3.05, 3.63) is 95.6 Å². The Balaban J connectivity index is 1.23. The highest BCUT2D eigenvalue weighted by Gasteiger charge is 2.09. The lowest BCUT2D eigenvalue weighted by atomic mass is 10.1. The number of unbranched alkanes of at least 4 members (excludes halogenated alkanes) is 2. The third-order valence-corrected chi connectivity index (χ3v) is 5.61. The predicted molar refractivity (Wildman–Crippen MR) is 128 cm³/mol. The second-order valence-electron chi connectivity index (χ2n) is 7.96. The number of hydrogen-bond acceptors (Lipinski definition) is 6. The third-order valence-electron chi connectivity index (χ3n) is 5.61. The zero-order chi connectivity index (χ0) is 22.9. The number of benzene rings is 2. The molecule has 0 aliphatic heterocycles. The first-order valence-corrected chi connectivity index (χ1v) is 11.2. The fourth-order valence-corrected chi connectivity index (χ4v) is 3.66. The Hall–Kier alpha value is -3.94. The van der Waals surface area contributed by atoms with E-state index >= 15 is 0 Å². The van der Waals surface area contributed by atoms with Crippen LogP contribution in [0.15, 0.2) is 61.7 Å². The van der Waals surface area contributed by atoms with Crippen molar-refractivity contribution in [1.29, 1.82) is 0 Å². The van der Waals surface area contributed by atoms with E-state index in [0.29, 0.717) is 13.1 Å². The summed E-state index contributed by atoms with van der Waals surface area (Å²) in [5, 5.41) is 24.5. The fourth-order valence-electron chi connectivity index (χ4n) is 3.66. The standard InChI is InChI=1S/C25H28N8/c1-3-20-10-14-22(15-11-20)18-32-24(26-28-30-32)8-6-5-7-9-25-27-29-31-33(25)19-23-16-12-21(4-2)13-17-23/h3-4,10-17H,1-2,5-9,18-19H2. The highest BCUT2D eigenvalue weighted by Crippen LogP contribution is 2.12. The van der Waals surface area contributed by atoms with E-state index in [1.165, 1.54) is 11.1 Å². The van der Waals surface area contributed by atoms with Crippen LogP contribution in [0.3, 0.4) is 0 Å². The van der Waals surface area contributed by atoms with Crippen LogP contribution in [0.5, 0.6) is 0 Å². The van der Waals surface area contributed by atoms with Crippen molar-refractivity contribution in [2.75, 3.05) is 0 Å². The SMILES string of the molecule is C=Cc1ccc(Cn2nnnc2CCCCCc2nnnn2Cc2ccc(C=C)cc2)cc1. The van der Waals surface area contributed by atoms with E-state index in [4.69, 9.17) is 0 Å². The molecule has 0 spiro atoms. The number of aryl methyl sites for hydroxylation is 2. The Labute approximate surface area is 193 Å². The number of aromatic nitrogens is 8. The lowest BCUT2D eigenvalue weighted by Crippen LogP contribution is -2.08. The van der Waals surface area contributed by atoms with Gasteiger partial charge in [0.25, 0.3) is 0 Å². The monoisotopic (exact) mass is 440 g/mol. The van der Waals surface area contributed by atoms with Gasteiger partial charge in [-0.15, -0.1) is 10.2 Å². The second-order valence-corrected chi connectivity index (χ2v) is 7.96. The molecule has 0 unspecified atom stereocenters. The molecular weight excluding hydrogens is 412 g/mol. The number of rotatable bonds is 12. The first-order chi connectivity index (χ1) is 16.2. The molecule has 0 bridgehead atoms. The van der Waals surface area contributed by atoms with Crippen LogP contribution in [0.4, 0.5) is 0 Å². The fraction of sp³-hybridized carbons (Fsp3) is 0.280. The van der Waals surface area contributed by atoms with Crippen molar-refractivity contribution in [3.63, 3.8) is 0 Å². The van der Waals surface area contributed by atoms with Crippen molar-refractivity contribution in [2.24, 2.45) is 0 Å². The van der Waals surface area contributed by atoms with Crippen LogP contribution in [0.2, 0.25) is 0 Å². The molecule has 0 radical (unpaired) electrons. The summed E-state index contributed by atoms with van der Waals surface area (Å²) in [6.07, 6.45) is 8.45. The lowest BCUT2D eigenvalue weighted by Gasteiger charge is -2.06. The Bertz CT molecular complexity index is 1080. The smallest absolute Gasteiger partial charge is 0.151 e. The lowest BCUT2D eigenvalue weighted by molar-refractivity contribution is 0.573. The van der Waals surface area contributed by atoms with Crippen LogP contribution in [0.25, 0.3) is 12.2 Å². The maximum Gasteiger partial charge on any atom is 0.151 e. The van der Waals surface area contributed by atoms with Crippen LogP contribution < -0.4 is 0 Å². The molecule has 4 aromatic rings. The van der Waals surface area contributed by atoms with Gasteiger partial charge in [-0.25, -0.2) is 9.36 Å². The van der Waals surface area contributed by atoms with Gasteiger partial charge in [-0.1, -0.05) is 80.3 Å². The molecule has 0 fully saturated rings. The van der Waals surface area contributed by atoms with Gasteiger partial charge in [0.05, 0.1) is 13.1 Å².